The number of hydrogen-bond donors (Lipinski definition) is 2. The van der Waals surface area contributed by atoms with E-state index in [0.717, 1.165) is 27.1 Å². The third-order valence-corrected chi connectivity index (χ3v) is 8.26. The lowest BCUT2D eigenvalue weighted by Crippen LogP contribution is -2.49. The van der Waals surface area contributed by atoms with Crippen LogP contribution >= 0.6 is 22.7 Å². The number of carbonyl (C=O) groups excluding carboxylic acids is 2. The molecule has 204 valence electrons. The van der Waals surface area contributed by atoms with Crippen LogP contribution in [0.1, 0.15) is 42.7 Å². The fourth-order valence-electron chi connectivity index (χ4n) is 4.17. The summed E-state index contributed by atoms with van der Waals surface area (Å²) in [4.78, 5) is 38.9. The second-order valence-electron chi connectivity index (χ2n) is 9.61. The van der Waals surface area contributed by atoms with Crippen LogP contribution < -0.4 is 10.2 Å². The van der Waals surface area contributed by atoms with E-state index in [9.17, 15) is 14.7 Å². The molecule has 0 saturated heterocycles. The molecule has 2 aromatic heterocycles. The predicted molar refractivity (Wildman–Crippen MR) is 157 cm³/mol. The molecule has 2 heterocycles. The molecule has 0 aliphatic carbocycles. The number of thiazole rings is 2. The topological polar surface area (TPSA) is 98.7 Å². The highest BCUT2D eigenvalue weighted by molar-refractivity contribution is 7.13. The van der Waals surface area contributed by atoms with Crippen LogP contribution in [0.3, 0.4) is 0 Å². The number of benzene rings is 2. The Bertz CT molecular complexity index is 1400. The van der Waals surface area contributed by atoms with Gasteiger partial charge in [-0.05, 0) is 44.0 Å². The number of anilines is 1. The molecule has 0 unspecified atom stereocenters. The van der Waals surface area contributed by atoms with E-state index in [1.165, 1.54) is 22.7 Å². The maximum absolute atomic E-state index is 13.4. The average Bonchev–Trinajstić information content (AvgIpc) is 3.55. The second-order valence-corrected chi connectivity index (χ2v) is 11.4. The largest absolute Gasteiger partial charge is 0.389 e. The molecule has 10 heteroatoms. The molecule has 0 spiro atoms. The first-order valence-electron chi connectivity index (χ1n) is 12.6. The van der Waals surface area contributed by atoms with Gasteiger partial charge < -0.3 is 20.2 Å². The first-order valence-corrected chi connectivity index (χ1v) is 14.4. The van der Waals surface area contributed by atoms with Gasteiger partial charge >= 0.3 is 0 Å². The van der Waals surface area contributed by atoms with Crippen molar-refractivity contribution in [2.75, 3.05) is 25.5 Å². The lowest BCUT2D eigenvalue weighted by molar-refractivity contribution is 0.0785. The van der Waals surface area contributed by atoms with Crippen molar-refractivity contribution in [3.05, 3.63) is 98.4 Å². The zero-order chi connectivity index (χ0) is 27.9. The molecule has 2 amide bonds. The highest BCUT2D eigenvalue weighted by Crippen LogP contribution is 2.20. The van der Waals surface area contributed by atoms with Crippen molar-refractivity contribution in [3.8, 4) is 0 Å². The number of hydrogen-bond acceptors (Lipinski definition) is 8. The molecule has 2 N–H and O–H groups in total. The Morgan fingerprint density at radius 2 is 1.64 bits per heavy atom. The van der Waals surface area contributed by atoms with Gasteiger partial charge in [0.15, 0.2) is 5.13 Å². The SMILES string of the molecule is Cc1csc(CN(C)C(=O)c2cccc(C(=O)N[C@@H](Cc3ccccc3)[C@H](O)CN(C)c3nc(C)cs3)c2)n1. The monoisotopic (exact) mass is 563 g/mol. The molecule has 0 radical (unpaired) electrons. The average molecular weight is 564 g/mol. The van der Waals surface area contributed by atoms with Crippen LogP contribution in [0.4, 0.5) is 5.13 Å². The normalized spacial score (nSPS) is 12.5. The van der Waals surface area contributed by atoms with Crippen molar-refractivity contribution in [2.45, 2.75) is 39.0 Å². The van der Waals surface area contributed by atoms with E-state index in [4.69, 9.17) is 0 Å². The lowest BCUT2D eigenvalue weighted by Gasteiger charge is -2.28. The number of rotatable bonds is 11. The molecule has 0 saturated carbocycles. The Balaban J connectivity index is 1.47. The minimum absolute atomic E-state index is 0.196. The Labute approximate surface area is 237 Å². The molecule has 0 aliphatic heterocycles. The maximum atomic E-state index is 13.4. The number of likely N-dealkylation sites (N-methyl/N-ethyl adjacent to an activating group) is 1. The lowest BCUT2D eigenvalue weighted by atomic mass is 10.00. The van der Waals surface area contributed by atoms with E-state index >= 15 is 0 Å². The summed E-state index contributed by atoms with van der Waals surface area (Å²) in [6.07, 6.45) is -0.409. The highest BCUT2D eigenvalue weighted by Gasteiger charge is 2.25. The third kappa shape index (κ3) is 7.72. The smallest absolute Gasteiger partial charge is 0.253 e. The van der Waals surface area contributed by atoms with E-state index in [1.807, 2.05) is 66.9 Å². The van der Waals surface area contributed by atoms with Crippen LogP contribution in [0.2, 0.25) is 0 Å². The Morgan fingerprint density at radius 1 is 0.949 bits per heavy atom. The number of aliphatic hydroxyl groups is 1. The number of aryl methyl sites for hydroxylation is 2. The summed E-state index contributed by atoms with van der Waals surface area (Å²) in [7, 11) is 3.60. The fraction of sp³-hybridized carbons (Fsp3) is 0.310. The summed E-state index contributed by atoms with van der Waals surface area (Å²) in [5.41, 5.74) is 3.62. The Morgan fingerprint density at radius 3 is 2.31 bits per heavy atom. The molecule has 0 fully saturated rings. The third-order valence-electron chi connectivity index (χ3n) is 6.23. The van der Waals surface area contributed by atoms with E-state index in [1.54, 1.807) is 36.2 Å². The van der Waals surface area contributed by atoms with Crippen molar-refractivity contribution in [1.29, 1.82) is 0 Å². The summed E-state index contributed by atoms with van der Waals surface area (Å²) in [6.45, 7) is 4.54. The fourth-order valence-corrected chi connectivity index (χ4v) is 5.77. The van der Waals surface area contributed by atoms with Gasteiger partial charge in [-0.15, -0.1) is 22.7 Å². The van der Waals surface area contributed by atoms with Crippen molar-refractivity contribution >= 4 is 39.6 Å². The molecular formula is C29H33N5O3S2. The van der Waals surface area contributed by atoms with Gasteiger partial charge in [-0.3, -0.25) is 9.59 Å². The molecule has 2 aromatic carbocycles. The minimum atomic E-state index is -0.860. The molecule has 4 rings (SSSR count). The van der Waals surface area contributed by atoms with E-state index < -0.39 is 12.1 Å². The zero-order valence-electron chi connectivity index (χ0n) is 22.5. The van der Waals surface area contributed by atoms with E-state index in [2.05, 4.69) is 15.3 Å². The van der Waals surface area contributed by atoms with Crippen LogP contribution in [-0.4, -0.2) is 64.6 Å². The van der Waals surface area contributed by atoms with Gasteiger partial charge in [0.1, 0.15) is 5.01 Å². The first-order chi connectivity index (χ1) is 18.7. The summed E-state index contributed by atoms with van der Waals surface area (Å²) >= 11 is 3.02. The second kappa shape index (κ2) is 13.0. The van der Waals surface area contributed by atoms with Crippen molar-refractivity contribution in [3.63, 3.8) is 0 Å². The summed E-state index contributed by atoms with van der Waals surface area (Å²) < 4.78 is 0. The van der Waals surface area contributed by atoms with Gasteiger partial charge in [-0.1, -0.05) is 36.4 Å². The Kier molecular flexibility index (Phi) is 9.45. The van der Waals surface area contributed by atoms with E-state index in [0.29, 0.717) is 30.6 Å². The van der Waals surface area contributed by atoms with Crippen molar-refractivity contribution in [1.82, 2.24) is 20.2 Å². The molecule has 39 heavy (non-hydrogen) atoms. The zero-order valence-corrected chi connectivity index (χ0v) is 24.1. The van der Waals surface area contributed by atoms with E-state index in [-0.39, 0.29) is 11.8 Å². The van der Waals surface area contributed by atoms with Crippen LogP contribution in [0.15, 0.2) is 65.4 Å². The standard InChI is InChI=1S/C29H33N5O3S2/c1-19-17-38-26(30-19)16-33(3)28(37)23-12-8-11-22(14-23)27(36)32-24(13-21-9-6-5-7-10-21)25(35)15-34(4)29-31-20(2)18-39-29/h5-12,14,17-18,24-25,35H,13,15-16H2,1-4H3,(H,32,36)/t24-,25+/m0/s1. The molecule has 0 bridgehead atoms. The van der Waals surface area contributed by atoms with Crippen LogP contribution in [0.5, 0.6) is 0 Å². The molecule has 4 aromatic rings. The number of nitrogens with one attached hydrogen (secondary N) is 1. The number of aliphatic hydroxyl groups excluding tert-OH is 1. The number of amides is 2. The number of nitrogens with zero attached hydrogens (tertiary/aromatic N) is 4. The van der Waals surface area contributed by atoms with Crippen molar-refractivity contribution < 1.29 is 14.7 Å². The number of aromatic nitrogens is 2. The summed E-state index contributed by atoms with van der Waals surface area (Å²) in [5.74, 6) is -0.547. The van der Waals surface area contributed by atoms with Crippen LogP contribution in [0, 0.1) is 13.8 Å². The van der Waals surface area contributed by atoms with Crippen LogP contribution in [-0.2, 0) is 13.0 Å². The van der Waals surface area contributed by atoms with Gasteiger partial charge in [0, 0.05) is 48.2 Å². The molecule has 0 aliphatic rings. The van der Waals surface area contributed by atoms with Gasteiger partial charge in [0.05, 0.1) is 24.4 Å². The van der Waals surface area contributed by atoms with Gasteiger partial charge in [0.25, 0.3) is 11.8 Å². The Hall–Kier alpha value is -3.60. The highest BCUT2D eigenvalue weighted by atomic mass is 32.1. The molecular weight excluding hydrogens is 530 g/mol. The van der Waals surface area contributed by atoms with Crippen LogP contribution in [0.25, 0.3) is 0 Å². The van der Waals surface area contributed by atoms with Gasteiger partial charge in [-0.25, -0.2) is 9.97 Å². The van der Waals surface area contributed by atoms with Gasteiger partial charge in [0.2, 0.25) is 0 Å². The predicted octanol–water partition coefficient (Wildman–Crippen LogP) is 4.33. The van der Waals surface area contributed by atoms with Gasteiger partial charge in [-0.2, -0.15) is 0 Å². The number of carbonyl (C=O) groups is 2. The minimum Gasteiger partial charge on any atom is -0.389 e. The quantitative estimate of drug-likeness (QED) is 0.282. The van der Waals surface area contributed by atoms with Crippen molar-refractivity contribution in [2.24, 2.45) is 0 Å². The first kappa shape index (κ1) is 28.4. The summed E-state index contributed by atoms with van der Waals surface area (Å²) in [5, 5.41) is 19.8. The summed E-state index contributed by atoms with van der Waals surface area (Å²) in [6, 6.07) is 15.9. The molecule has 2 atom stereocenters. The maximum Gasteiger partial charge on any atom is 0.253 e. The molecule has 8 nitrogen and oxygen atoms in total.